The Morgan fingerprint density at radius 2 is 1.81 bits per heavy atom. The molecule has 0 bridgehead atoms. The summed E-state index contributed by atoms with van der Waals surface area (Å²) in [5.41, 5.74) is 1.60. The number of hydrogen-bond acceptors (Lipinski definition) is 5. The number of benzene rings is 1. The largest absolute Gasteiger partial charge is 0.497 e. The summed E-state index contributed by atoms with van der Waals surface area (Å²) >= 11 is 1.10. The van der Waals surface area contributed by atoms with E-state index in [2.05, 4.69) is 10.1 Å². The zero-order valence-electron chi connectivity index (χ0n) is 11.9. The van der Waals surface area contributed by atoms with Crippen LogP contribution in [0.2, 0.25) is 0 Å². The normalized spacial score (nSPS) is 10.0. The summed E-state index contributed by atoms with van der Waals surface area (Å²) in [6.07, 6.45) is 0. The molecular formula is C15H15NO4S. The molecule has 0 aliphatic heterocycles. The van der Waals surface area contributed by atoms with Crippen LogP contribution >= 0.6 is 11.3 Å². The van der Waals surface area contributed by atoms with Crippen molar-refractivity contribution in [3.05, 3.63) is 45.6 Å². The van der Waals surface area contributed by atoms with E-state index in [0.717, 1.165) is 22.6 Å². The lowest BCUT2D eigenvalue weighted by Crippen LogP contribution is -2.11. The van der Waals surface area contributed by atoms with Gasteiger partial charge in [0.1, 0.15) is 10.6 Å². The lowest BCUT2D eigenvalue weighted by molar-refractivity contribution is 0.0606. The molecule has 0 aliphatic carbocycles. The van der Waals surface area contributed by atoms with Crippen LogP contribution in [0.25, 0.3) is 0 Å². The smallest absolute Gasteiger partial charge is 0.348 e. The Morgan fingerprint density at radius 1 is 1.10 bits per heavy atom. The number of anilines is 1. The molecule has 1 heterocycles. The molecular weight excluding hydrogens is 290 g/mol. The summed E-state index contributed by atoms with van der Waals surface area (Å²) in [5, 5.41) is 2.81. The van der Waals surface area contributed by atoms with Gasteiger partial charge in [0.2, 0.25) is 0 Å². The van der Waals surface area contributed by atoms with Crippen molar-refractivity contribution in [3.8, 4) is 5.75 Å². The van der Waals surface area contributed by atoms with Crippen LogP contribution in [-0.2, 0) is 4.74 Å². The van der Waals surface area contributed by atoms with Gasteiger partial charge >= 0.3 is 5.97 Å². The van der Waals surface area contributed by atoms with E-state index in [-0.39, 0.29) is 5.91 Å². The predicted molar refractivity (Wildman–Crippen MR) is 81.3 cm³/mol. The summed E-state index contributed by atoms with van der Waals surface area (Å²) in [7, 11) is 2.90. The van der Waals surface area contributed by atoms with Gasteiger partial charge in [-0.05, 0) is 42.8 Å². The Kier molecular flexibility index (Phi) is 4.59. The lowest BCUT2D eigenvalue weighted by Gasteiger charge is -2.09. The highest BCUT2D eigenvalue weighted by Gasteiger charge is 2.14. The van der Waals surface area contributed by atoms with E-state index in [9.17, 15) is 9.59 Å². The summed E-state index contributed by atoms with van der Waals surface area (Å²) in [6, 6.07) is 8.57. The van der Waals surface area contributed by atoms with Crippen LogP contribution in [-0.4, -0.2) is 26.1 Å². The fourth-order valence-corrected chi connectivity index (χ4v) is 2.58. The van der Waals surface area contributed by atoms with Crippen molar-refractivity contribution in [2.75, 3.05) is 19.5 Å². The van der Waals surface area contributed by atoms with Crippen LogP contribution in [0.15, 0.2) is 30.3 Å². The Morgan fingerprint density at radius 3 is 2.43 bits per heavy atom. The van der Waals surface area contributed by atoms with Crippen LogP contribution in [0.1, 0.15) is 24.9 Å². The van der Waals surface area contributed by atoms with Gasteiger partial charge < -0.3 is 14.8 Å². The molecule has 2 rings (SSSR count). The molecule has 0 radical (unpaired) electrons. The van der Waals surface area contributed by atoms with Gasteiger partial charge in [0.25, 0.3) is 5.91 Å². The minimum absolute atomic E-state index is 0.261. The Balaban J connectivity index is 2.14. The quantitative estimate of drug-likeness (QED) is 0.882. The third kappa shape index (κ3) is 3.41. The van der Waals surface area contributed by atoms with Gasteiger partial charge in [-0.25, -0.2) is 4.79 Å². The van der Waals surface area contributed by atoms with E-state index in [4.69, 9.17) is 4.74 Å². The van der Waals surface area contributed by atoms with Crippen LogP contribution in [0.3, 0.4) is 0 Å². The zero-order chi connectivity index (χ0) is 15.4. The maximum Gasteiger partial charge on any atom is 0.348 e. The minimum atomic E-state index is -0.445. The van der Waals surface area contributed by atoms with Crippen molar-refractivity contribution in [2.24, 2.45) is 0 Å². The molecule has 1 aromatic carbocycles. The minimum Gasteiger partial charge on any atom is -0.497 e. The lowest BCUT2D eigenvalue weighted by atomic mass is 10.2. The highest BCUT2D eigenvalue weighted by Crippen LogP contribution is 2.23. The van der Waals surface area contributed by atoms with Crippen molar-refractivity contribution in [1.82, 2.24) is 0 Å². The highest BCUT2D eigenvalue weighted by atomic mass is 32.1. The number of rotatable bonds is 4. The molecule has 1 N–H and O–H groups in total. The average molecular weight is 305 g/mol. The molecule has 1 amide bonds. The zero-order valence-corrected chi connectivity index (χ0v) is 12.7. The number of carbonyl (C=O) groups is 2. The first-order valence-electron chi connectivity index (χ1n) is 6.19. The van der Waals surface area contributed by atoms with Crippen LogP contribution in [0, 0.1) is 6.92 Å². The predicted octanol–water partition coefficient (Wildman–Crippen LogP) is 3.10. The van der Waals surface area contributed by atoms with Crippen molar-refractivity contribution in [3.63, 3.8) is 0 Å². The number of methoxy groups -OCH3 is 2. The summed E-state index contributed by atoms with van der Waals surface area (Å²) < 4.78 is 9.74. The fraction of sp³-hybridized carbons (Fsp3) is 0.200. The van der Waals surface area contributed by atoms with Gasteiger partial charge in [-0.1, -0.05) is 0 Å². The van der Waals surface area contributed by atoms with Gasteiger partial charge in [-0.15, -0.1) is 11.3 Å². The van der Waals surface area contributed by atoms with E-state index in [1.54, 1.807) is 31.4 Å². The number of esters is 1. The third-order valence-electron chi connectivity index (χ3n) is 2.90. The Bertz CT molecular complexity index is 678. The van der Waals surface area contributed by atoms with E-state index >= 15 is 0 Å². The first-order chi connectivity index (χ1) is 10.0. The first-order valence-corrected chi connectivity index (χ1v) is 7.01. The maximum atomic E-state index is 12.2. The number of hydrogen-bond donors (Lipinski definition) is 1. The highest BCUT2D eigenvalue weighted by molar-refractivity contribution is 7.16. The molecule has 0 spiro atoms. The molecule has 0 saturated carbocycles. The summed E-state index contributed by atoms with van der Waals surface area (Å²) in [5.74, 6) is 0.0256. The van der Waals surface area contributed by atoms with E-state index < -0.39 is 5.97 Å². The first kappa shape index (κ1) is 15.1. The second kappa shape index (κ2) is 6.41. The second-order valence-electron chi connectivity index (χ2n) is 4.29. The molecule has 0 unspecified atom stereocenters. The molecule has 21 heavy (non-hydrogen) atoms. The van der Waals surface area contributed by atoms with E-state index in [1.807, 2.05) is 13.0 Å². The number of nitrogens with one attached hydrogen (secondary N) is 1. The van der Waals surface area contributed by atoms with Crippen molar-refractivity contribution in [1.29, 1.82) is 0 Å². The SMILES string of the molecule is COC(=O)c1ccc(C(=O)Nc2ccc(OC)cc2C)s1. The van der Waals surface area contributed by atoms with Gasteiger partial charge in [-0.3, -0.25) is 4.79 Å². The molecule has 110 valence electrons. The third-order valence-corrected chi connectivity index (χ3v) is 3.96. The topological polar surface area (TPSA) is 64.6 Å². The second-order valence-corrected chi connectivity index (χ2v) is 5.37. The number of aryl methyl sites for hydroxylation is 1. The van der Waals surface area contributed by atoms with Gasteiger partial charge in [-0.2, -0.15) is 0 Å². The molecule has 0 fully saturated rings. The van der Waals surface area contributed by atoms with Crippen molar-refractivity contribution >= 4 is 28.9 Å². The number of amides is 1. The molecule has 1 aromatic heterocycles. The van der Waals surface area contributed by atoms with E-state index in [1.165, 1.54) is 7.11 Å². The molecule has 2 aromatic rings. The molecule has 0 aliphatic rings. The molecule has 6 heteroatoms. The molecule has 0 atom stereocenters. The Hall–Kier alpha value is -2.34. The van der Waals surface area contributed by atoms with Crippen LogP contribution in [0.5, 0.6) is 5.75 Å². The average Bonchev–Trinajstić information content (AvgIpc) is 2.98. The van der Waals surface area contributed by atoms with Crippen molar-refractivity contribution in [2.45, 2.75) is 6.92 Å². The van der Waals surface area contributed by atoms with Gasteiger partial charge in [0.05, 0.1) is 19.1 Å². The van der Waals surface area contributed by atoms with Crippen LogP contribution < -0.4 is 10.1 Å². The van der Waals surface area contributed by atoms with Gasteiger partial charge in [0, 0.05) is 5.69 Å². The van der Waals surface area contributed by atoms with Crippen LogP contribution in [0.4, 0.5) is 5.69 Å². The molecule has 0 saturated heterocycles. The maximum absolute atomic E-state index is 12.2. The monoisotopic (exact) mass is 305 g/mol. The molecule has 5 nitrogen and oxygen atoms in total. The van der Waals surface area contributed by atoms with Gasteiger partial charge in [0.15, 0.2) is 0 Å². The van der Waals surface area contributed by atoms with E-state index in [0.29, 0.717) is 15.4 Å². The number of carbonyl (C=O) groups excluding carboxylic acids is 2. The standard InChI is InChI=1S/C15H15NO4S/c1-9-8-10(19-2)4-5-11(9)16-14(17)12-6-7-13(21-12)15(18)20-3/h4-8H,1-3H3,(H,16,17). The fourth-order valence-electron chi connectivity index (χ4n) is 1.76. The Labute approximate surface area is 126 Å². The number of ether oxygens (including phenoxy) is 2. The number of thiophene rings is 1. The summed E-state index contributed by atoms with van der Waals surface area (Å²) in [4.78, 5) is 24.4. The van der Waals surface area contributed by atoms with Crippen molar-refractivity contribution < 1.29 is 19.1 Å². The summed E-state index contributed by atoms with van der Waals surface area (Å²) in [6.45, 7) is 1.88.